The Morgan fingerprint density at radius 3 is 2.63 bits per heavy atom. The fraction of sp³-hybridized carbons (Fsp3) is 0.556. The summed E-state index contributed by atoms with van der Waals surface area (Å²) in [4.78, 5) is 6.93. The van der Waals surface area contributed by atoms with E-state index in [1.54, 1.807) is 0 Å². The maximum absolute atomic E-state index is 11.6. The third-order valence-corrected chi connectivity index (χ3v) is 6.89. The molecule has 0 aliphatic carbocycles. The first-order valence-corrected chi connectivity index (χ1v) is 11.4. The zero-order valence-corrected chi connectivity index (χ0v) is 16.8. The van der Waals surface area contributed by atoms with Gasteiger partial charge in [-0.1, -0.05) is 28.9 Å². The van der Waals surface area contributed by atoms with E-state index in [2.05, 4.69) is 21.1 Å². The summed E-state index contributed by atoms with van der Waals surface area (Å²) in [5.74, 6) is 1.84. The lowest BCUT2D eigenvalue weighted by atomic mass is 9.97. The van der Waals surface area contributed by atoms with Gasteiger partial charge >= 0.3 is 0 Å². The lowest BCUT2D eigenvalue weighted by Gasteiger charge is -2.37. The topological polar surface area (TPSA) is 79.5 Å². The first-order chi connectivity index (χ1) is 12.9. The average Bonchev–Trinajstić information content (AvgIpc) is 3.06. The van der Waals surface area contributed by atoms with Gasteiger partial charge in [-0.05, 0) is 30.5 Å². The van der Waals surface area contributed by atoms with Crippen LogP contribution in [-0.2, 0) is 16.6 Å². The predicted molar refractivity (Wildman–Crippen MR) is 102 cm³/mol. The fourth-order valence-electron chi connectivity index (χ4n) is 3.77. The van der Waals surface area contributed by atoms with Crippen LogP contribution in [0.4, 0.5) is 0 Å². The van der Waals surface area contributed by atoms with Crippen molar-refractivity contribution in [2.24, 2.45) is 0 Å². The minimum atomic E-state index is -3.11. The molecule has 0 unspecified atom stereocenters. The summed E-state index contributed by atoms with van der Waals surface area (Å²) in [6.07, 6.45) is 2.72. The third-order valence-electron chi connectivity index (χ3n) is 5.35. The molecule has 9 heteroatoms. The van der Waals surface area contributed by atoms with E-state index in [9.17, 15) is 8.42 Å². The predicted octanol–water partition coefficient (Wildman–Crippen LogP) is 2.46. The van der Waals surface area contributed by atoms with Gasteiger partial charge in [0.2, 0.25) is 15.9 Å². The molecule has 2 saturated heterocycles. The van der Waals surface area contributed by atoms with Gasteiger partial charge in [0.15, 0.2) is 5.82 Å². The molecule has 0 atom stereocenters. The number of rotatable bonds is 5. The monoisotopic (exact) mass is 410 g/mol. The van der Waals surface area contributed by atoms with Gasteiger partial charge in [-0.15, -0.1) is 0 Å². The van der Waals surface area contributed by atoms with E-state index in [0.717, 1.165) is 37.5 Å². The molecular formula is C18H23ClN4O3S. The van der Waals surface area contributed by atoms with Gasteiger partial charge in [-0.2, -0.15) is 4.98 Å². The van der Waals surface area contributed by atoms with Crippen LogP contribution in [-0.4, -0.2) is 60.2 Å². The van der Waals surface area contributed by atoms with Crippen LogP contribution < -0.4 is 0 Å². The highest BCUT2D eigenvalue weighted by atomic mass is 35.5. The van der Waals surface area contributed by atoms with Crippen LogP contribution in [0.1, 0.15) is 42.0 Å². The molecule has 4 rings (SSSR count). The van der Waals surface area contributed by atoms with E-state index in [0.29, 0.717) is 24.8 Å². The summed E-state index contributed by atoms with van der Waals surface area (Å²) in [6.45, 7) is 3.68. The number of nitrogens with zero attached hydrogens (tertiary/aromatic N) is 4. The Kier molecular flexibility index (Phi) is 5.24. The molecule has 146 valence electrons. The summed E-state index contributed by atoms with van der Waals surface area (Å²) in [7, 11) is -3.11. The normalized spacial score (nSPS) is 20.7. The van der Waals surface area contributed by atoms with E-state index in [4.69, 9.17) is 16.1 Å². The molecule has 3 heterocycles. The van der Waals surface area contributed by atoms with Crippen LogP contribution in [0.5, 0.6) is 0 Å². The largest absolute Gasteiger partial charge is 0.339 e. The lowest BCUT2D eigenvalue weighted by Crippen LogP contribution is -2.44. The van der Waals surface area contributed by atoms with Crippen molar-refractivity contribution in [3.8, 4) is 0 Å². The molecule has 7 nitrogen and oxygen atoms in total. The van der Waals surface area contributed by atoms with E-state index >= 15 is 0 Å². The first-order valence-electron chi connectivity index (χ1n) is 9.14. The van der Waals surface area contributed by atoms with Gasteiger partial charge in [-0.25, -0.2) is 12.7 Å². The minimum Gasteiger partial charge on any atom is -0.339 e. The number of likely N-dealkylation sites (tertiary alicyclic amines) is 1. The lowest BCUT2D eigenvalue weighted by molar-refractivity contribution is 0.117. The van der Waals surface area contributed by atoms with Crippen molar-refractivity contribution in [1.82, 2.24) is 19.3 Å². The molecule has 2 aliphatic heterocycles. The van der Waals surface area contributed by atoms with Crippen molar-refractivity contribution in [2.75, 3.05) is 32.4 Å². The van der Waals surface area contributed by atoms with Gasteiger partial charge in [0.25, 0.3) is 0 Å². The van der Waals surface area contributed by atoms with Crippen molar-refractivity contribution >= 4 is 21.6 Å². The van der Waals surface area contributed by atoms with Crippen LogP contribution >= 0.6 is 11.6 Å². The van der Waals surface area contributed by atoms with Crippen LogP contribution in [0.25, 0.3) is 0 Å². The highest BCUT2D eigenvalue weighted by molar-refractivity contribution is 7.88. The summed E-state index contributed by atoms with van der Waals surface area (Å²) in [6, 6.07) is 7.91. The van der Waals surface area contributed by atoms with E-state index in [1.807, 2.05) is 18.2 Å². The molecule has 2 fully saturated rings. The smallest absolute Gasteiger partial charge is 0.232 e. The molecule has 0 spiro atoms. The van der Waals surface area contributed by atoms with E-state index < -0.39 is 10.0 Å². The third kappa shape index (κ3) is 4.34. The second kappa shape index (κ2) is 7.50. The van der Waals surface area contributed by atoms with Gasteiger partial charge in [-0.3, -0.25) is 4.90 Å². The average molecular weight is 411 g/mol. The number of sulfonamides is 1. The second-order valence-electron chi connectivity index (χ2n) is 7.45. The van der Waals surface area contributed by atoms with Crippen molar-refractivity contribution in [1.29, 1.82) is 0 Å². The maximum Gasteiger partial charge on any atom is 0.232 e. The number of aromatic nitrogens is 2. The van der Waals surface area contributed by atoms with Gasteiger partial charge in [0.1, 0.15) is 0 Å². The summed E-state index contributed by atoms with van der Waals surface area (Å²) in [5.41, 5.74) is 1.20. The zero-order valence-electron chi connectivity index (χ0n) is 15.2. The Morgan fingerprint density at radius 2 is 1.96 bits per heavy atom. The quantitative estimate of drug-likeness (QED) is 0.753. The van der Waals surface area contributed by atoms with E-state index in [-0.39, 0.29) is 11.8 Å². The molecule has 2 aromatic rings. The summed E-state index contributed by atoms with van der Waals surface area (Å²) >= 11 is 6.04. The van der Waals surface area contributed by atoms with E-state index in [1.165, 1.54) is 16.1 Å². The van der Waals surface area contributed by atoms with Gasteiger partial charge in [0, 0.05) is 43.7 Å². The first kappa shape index (κ1) is 18.9. The molecule has 2 aliphatic rings. The zero-order chi connectivity index (χ0) is 19.0. The van der Waals surface area contributed by atoms with Crippen molar-refractivity contribution in [2.45, 2.75) is 31.2 Å². The van der Waals surface area contributed by atoms with Crippen molar-refractivity contribution in [3.05, 3.63) is 46.6 Å². The number of hydrogen-bond acceptors (Lipinski definition) is 6. The molecule has 0 radical (unpaired) electrons. The maximum atomic E-state index is 11.6. The summed E-state index contributed by atoms with van der Waals surface area (Å²) in [5, 5.41) is 4.92. The SMILES string of the molecule is CS(=O)(=O)N1CCC(c2noc(C3CN(Cc4cccc(Cl)c4)C3)n2)CC1. The number of hydrogen-bond donors (Lipinski definition) is 0. The Labute approximate surface area is 164 Å². The Bertz CT molecular complexity index is 903. The molecule has 0 amide bonds. The second-order valence-corrected chi connectivity index (χ2v) is 9.87. The minimum absolute atomic E-state index is 0.170. The molecule has 0 bridgehead atoms. The molecule has 27 heavy (non-hydrogen) atoms. The summed E-state index contributed by atoms with van der Waals surface area (Å²) < 4.78 is 30.2. The van der Waals surface area contributed by atoms with Gasteiger partial charge < -0.3 is 4.52 Å². The molecule has 1 aromatic heterocycles. The molecule has 0 saturated carbocycles. The molecule has 0 N–H and O–H groups in total. The number of benzene rings is 1. The Hall–Kier alpha value is -1.48. The highest BCUT2D eigenvalue weighted by Gasteiger charge is 2.34. The Morgan fingerprint density at radius 1 is 1.22 bits per heavy atom. The van der Waals surface area contributed by atoms with Crippen LogP contribution in [0.15, 0.2) is 28.8 Å². The fourth-order valence-corrected chi connectivity index (χ4v) is 4.86. The highest BCUT2D eigenvalue weighted by Crippen LogP contribution is 2.31. The van der Waals surface area contributed by atoms with Crippen LogP contribution in [0, 0.1) is 0 Å². The van der Waals surface area contributed by atoms with Crippen LogP contribution in [0.3, 0.4) is 0 Å². The number of halogens is 1. The Balaban J connectivity index is 1.30. The molecular weight excluding hydrogens is 388 g/mol. The standard InChI is InChI=1S/C18H23ClN4O3S/c1-27(24,25)23-7-5-14(6-8-23)17-20-18(26-21-17)15-11-22(12-15)10-13-3-2-4-16(19)9-13/h2-4,9,14-15H,5-8,10-12H2,1H3. The van der Waals surface area contributed by atoms with Gasteiger partial charge in [0.05, 0.1) is 12.2 Å². The molecule has 1 aromatic carbocycles. The van der Waals surface area contributed by atoms with Crippen molar-refractivity contribution < 1.29 is 12.9 Å². The van der Waals surface area contributed by atoms with Crippen LogP contribution in [0.2, 0.25) is 5.02 Å². The number of piperidine rings is 1. The van der Waals surface area contributed by atoms with Crippen molar-refractivity contribution in [3.63, 3.8) is 0 Å².